The second-order valence-electron chi connectivity index (χ2n) is 4.01. The van der Waals surface area contributed by atoms with E-state index in [4.69, 9.17) is 4.74 Å². The molecule has 20 heavy (non-hydrogen) atoms. The van der Waals surface area contributed by atoms with Gasteiger partial charge < -0.3 is 9.47 Å². The maximum absolute atomic E-state index is 12.7. The van der Waals surface area contributed by atoms with E-state index in [1.165, 1.54) is 18.7 Å². The van der Waals surface area contributed by atoms with Gasteiger partial charge in [0, 0.05) is 6.42 Å². The lowest BCUT2D eigenvalue weighted by Crippen LogP contribution is -2.38. The molecule has 0 aliphatic carbocycles. The van der Waals surface area contributed by atoms with E-state index in [0.29, 0.717) is 12.8 Å². The van der Waals surface area contributed by atoms with Crippen LogP contribution in [0.2, 0.25) is 0 Å². The molecule has 1 atom stereocenters. The summed E-state index contributed by atoms with van der Waals surface area (Å²) in [6.45, 7) is 1.00. The van der Waals surface area contributed by atoms with E-state index in [9.17, 15) is 18.0 Å². The van der Waals surface area contributed by atoms with Gasteiger partial charge in [0.05, 0.1) is 12.4 Å². The maximum Gasteiger partial charge on any atom is 0.428 e. The highest BCUT2D eigenvalue weighted by Gasteiger charge is 2.43. The van der Waals surface area contributed by atoms with E-state index >= 15 is 0 Å². The summed E-state index contributed by atoms with van der Waals surface area (Å²) in [6.07, 6.45) is -2.18. The molecule has 0 N–H and O–H groups in total. The minimum absolute atomic E-state index is 0.0441. The number of hydrogen-bond acceptors (Lipinski definition) is 5. The summed E-state index contributed by atoms with van der Waals surface area (Å²) in [6, 6.07) is 0. The van der Waals surface area contributed by atoms with E-state index in [1.54, 1.807) is 0 Å². The average Bonchev–Trinajstić information content (AvgIpc) is 2.41. The molecule has 0 aliphatic rings. The van der Waals surface area contributed by atoms with E-state index in [1.807, 2.05) is 6.92 Å². The third kappa shape index (κ3) is 5.85. The normalized spacial score (nSPS) is 12.8. The quantitative estimate of drug-likeness (QED) is 0.723. The molecule has 0 aliphatic heterocycles. The molecule has 1 aromatic rings. The second-order valence-corrected chi connectivity index (χ2v) is 4.01. The minimum Gasteiger partial charge on any atom is -0.486 e. The molecule has 0 fully saturated rings. The number of carbonyl (C=O) groups is 1. The number of esters is 1. The largest absolute Gasteiger partial charge is 0.486 e. The van der Waals surface area contributed by atoms with Gasteiger partial charge >= 0.3 is 12.1 Å². The standard InChI is InChI=1S/C12H15F3N2O3/c1-2-3-4-11(18)20-10(12(13,14)15)7-19-9-5-16-8-17-6-9/h5-6,8,10H,2-4,7H2,1H3. The number of aromatic nitrogens is 2. The van der Waals surface area contributed by atoms with Crippen LogP contribution >= 0.6 is 0 Å². The lowest BCUT2D eigenvalue weighted by atomic mass is 10.2. The topological polar surface area (TPSA) is 61.3 Å². The van der Waals surface area contributed by atoms with Crippen LogP contribution in [0.25, 0.3) is 0 Å². The molecule has 8 heteroatoms. The molecule has 1 heterocycles. The number of halogens is 3. The smallest absolute Gasteiger partial charge is 0.428 e. The number of rotatable bonds is 7. The fraction of sp³-hybridized carbons (Fsp3) is 0.583. The van der Waals surface area contributed by atoms with Crippen LogP contribution in [-0.4, -0.2) is 34.8 Å². The zero-order valence-corrected chi connectivity index (χ0v) is 10.9. The van der Waals surface area contributed by atoms with Gasteiger partial charge in [0.15, 0.2) is 5.75 Å². The molecule has 0 bridgehead atoms. The molecule has 0 amide bonds. The molecule has 1 rings (SSSR count). The SMILES string of the molecule is CCCCC(=O)OC(COc1cncnc1)C(F)(F)F. The molecule has 1 aromatic heterocycles. The Bertz CT molecular complexity index is 412. The van der Waals surface area contributed by atoms with Gasteiger partial charge in [-0.05, 0) is 6.42 Å². The predicted molar refractivity (Wildman–Crippen MR) is 63.0 cm³/mol. The number of carbonyl (C=O) groups excluding carboxylic acids is 1. The van der Waals surface area contributed by atoms with Crippen LogP contribution in [0.1, 0.15) is 26.2 Å². The van der Waals surface area contributed by atoms with Crippen molar-refractivity contribution in [3.05, 3.63) is 18.7 Å². The summed E-state index contributed by atoms with van der Waals surface area (Å²) < 4.78 is 47.4. The fourth-order valence-corrected chi connectivity index (χ4v) is 1.27. The Balaban J connectivity index is 2.55. The third-order valence-electron chi connectivity index (χ3n) is 2.31. The zero-order chi connectivity index (χ0) is 15.0. The molecular formula is C12H15F3N2O3. The molecule has 112 valence electrons. The monoisotopic (exact) mass is 292 g/mol. The first kappa shape index (κ1) is 16.2. The van der Waals surface area contributed by atoms with Gasteiger partial charge in [-0.3, -0.25) is 4.79 Å². The lowest BCUT2D eigenvalue weighted by molar-refractivity contribution is -0.227. The van der Waals surface area contributed by atoms with Crippen LogP contribution in [0.4, 0.5) is 13.2 Å². The maximum atomic E-state index is 12.7. The van der Waals surface area contributed by atoms with Gasteiger partial charge in [-0.15, -0.1) is 0 Å². The Morgan fingerprint density at radius 2 is 2.00 bits per heavy atom. The molecule has 0 spiro atoms. The summed E-state index contributed by atoms with van der Waals surface area (Å²) in [7, 11) is 0. The van der Waals surface area contributed by atoms with E-state index in [2.05, 4.69) is 14.7 Å². The van der Waals surface area contributed by atoms with Crippen LogP contribution < -0.4 is 4.74 Å². The molecule has 0 saturated heterocycles. The van der Waals surface area contributed by atoms with Crippen molar-refractivity contribution in [2.24, 2.45) is 0 Å². The van der Waals surface area contributed by atoms with Crippen LogP contribution in [0, 0.1) is 0 Å². The summed E-state index contributed by atoms with van der Waals surface area (Å²) in [5, 5.41) is 0. The van der Waals surface area contributed by atoms with Gasteiger partial charge in [0.25, 0.3) is 0 Å². The van der Waals surface area contributed by atoms with Gasteiger partial charge in [0.1, 0.15) is 12.9 Å². The highest BCUT2D eigenvalue weighted by molar-refractivity contribution is 5.69. The first-order valence-corrected chi connectivity index (χ1v) is 6.07. The zero-order valence-electron chi connectivity index (χ0n) is 10.9. The number of nitrogens with zero attached hydrogens (tertiary/aromatic N) is 2. The summed E-state index contributed by atoms with van der Waals surface area (Å²) in [4.78, 5) is 18.5. The van der Waals surface area contributed by atoms with E-state index in [-0.39, 0.29) is 12.2 Å². The van der Waals surface area contributed by atoms with Crippen molar-refractivity contribution in [3.8, 4) is 5.75 Å². The number of ether oxygens (including phenoxy) is 2. The molecule has 0 radical (unpaired) electrons. The number of alkyl halides is 3. The molecule has 0 saturated carbocycles. The molecule has 5 nitrogen and oxygen atoms in total. The van der Waals surface area contributed by atoms with Crippen molar-refractivity contribution in [1.82, 2.24) is 9.97 Å². The van der Waals surface area contributed by atoms with Crippen molar-refractivity contribution in [1.29, 1.82) is 0 Å². The van der Waals surface area contributed by atoms with E-state index < -0.39 is 24.9 Å². The molecule has 1 unspecified atom stereocenters. The summed E-state index contributed by atoms with van der Waals surface area (Å²) in [5.74, 6) is -0.812. The van der Waals surface area contributed by atoms with Crippen molar-refractivity contribution in [3.63, 3.8) is 0 Å². The Morgan fingerprint density at radius 3 is 2.55 bits per heavy atom. The molecular weight excluding hydrogens is 277 g/mol. The highest BCUT2D eigenvalue weighted by Crippen LogP contribution is 2.24. The highest BCUT2D eigenvalue weighted by atomic mass is 19.4. The van der Waals surface area contributed by atoms with Crippen LogP contribution in [-0.2, 0) is 9.53 Å². The molecule has 0 aromatic carbocycles. The van der Waals surface area contributed by atoms with Crippen molar-refractivity contribution in [2.75, 3.05) is 6.61 Å². The Hall–Kier alpha value is -1.86. The Morgan fingerprint density at radius 1 is 1.35 bits per heavy atom. The Kier molecular flexibility index (Phi) is 6.20. The number of unbranched alkanes of at least 4 members (excludes halogenated alkanes) is 1. The predicted octanol–water partition coefficient (Wildman–Crippen LogP) is 2.52. The lowest BCUT2D eigenvalue weighted by Gasteiger charge is -2.20. The van der Waals surface area contributed by atoms with Gasteiger partial charge in [-0.1, -0.05) is 13.3 Å². The van der Waals surface area contributed by atoms with Crippen LogP contribution in [0.15, 0.2) is 18.7 Å². The fourth-order valence-electron chi connectivity index (χ4n) is 1.27. The average molecular weight is 292 g/mol. The van der Waals surface area contributed by atoms with Crippen LogP contribution in [0.5, 0.6) is 5.75 Å². The first-order chi connectivity index (χ1) is 9.43. The van der Waals surface area contributed by atoms with Gasteiger partial charge in [-0.25, -0.2) is 9.97 Å². The van der Waals surface area contributed by atoms with E-state index in [0.717, 1.165) is 0 Å². The van der Waals surface area contributed by atoms with Crippen molar-refractivity contribution < 1.29 is 27.4 Å². The first-order valence-electron chi connectivity index (χ1n) is 6.07. The second kappa shape index (κ2) is 7.66. The summed E-state index contributed by atoms with van der Waals surface area (Å²) >= 11 is 0. The number of hydrogen-bond donors (Lipinski definition) is 0. The van der Waals surface area contributed by atoms with Crippen molar-refractivity contribution in [2.45, 2.75) is 38.5 Å². The van der Waals surface area contributed by atoms with Crippen molar-refractivity contribution >= 4 is 5.97 Å². The summed E-state index contributed by atoms with van der Waals surface area (Å²) in [5.41, 5.74) is 0. The Labute approximate surface area is 114 Å². The minimum atomic E-state index is -4.68. The van der Waals surface area contributed by atoms with Gasteiger partial charge in [-0.2, -0.15) is 13.2 Å². The van der Waals surface area contributed by atoms with Gasteiger partial charge in [0.2, 0.25) is 6.10 Å². The third-order valence-corrected chi connectivity index (χ3v) is 2.31. The van der Waals surface area contributed by atoms with Crippen LogP contribution in [0.3, 0.4) is 0 Å².